The van der Waals surface area contributed by atoms with E-state index in [1.165, 1.54) is 0 Å². The van der Waals surface area contributed by atoms with E-state index in [0.29, 0.717) is 0 Å². The molecule has 0 fully saturated rings. The van der Waals surface area contributed by atoms with Crippen LogP contribution in [0.4, 0.5) is 0 Å². The maximum atomic E-state index is 5.98. The molecule has 0 aliphatic carbocycles. The number of hydrogen-bond donors (Lipinski definition) is 0. The van der Waals surface area contributed by atoms with E-state index in [9.17, 15) is 0 Å². The van der Waals surface area contributed by atoms with Crippen molar-refractivity contribution in [2.45, 2.75) is 50.8 Å². The molecule has 0 saturated carbocycles. The second kappa shape index (κ2) is 5.34. The van der Waals surface area contributed by atoms with E-state index >= 15 is 0 Å². The quantitative estimate of drug-likeness (QED) is 0.695. The molecule has 0 heterocycles. The Balaban J connectivity index is 3.98. The predicted molar refractivity (Wildman–Crippen MR) is 72.4 cm³/mol. The Bertz CT molecular complexity index is 172. The molecule has 0 amide bonds. The van der Waals surface area contributed by atoms with Crippen molar-refractivity contribution in [2.24, 2.45) is 5.41 Å². The minimum atomic E-state index is -1.85. The van der Waals surface area contributed by atoms with E-state index in [1.54, 1.807) is 0 Å². The fourth-order valence-corrected chi connectivity index (χ4v) is 3.42. The zero-order chi connectivity index (χ0) is 12.3. The molecule has 0 radical (unpaired) electrons. The van der Waals surface area contributed by atoms with Crippen LogP contribution < -0.4 is 0 Å². The first kappa shape index (κ1) is 15.7. The second-order valence-electron chi connectivity index (χ2n) is 6.97. The van der Waals surface area contributed by atoms with Crippen LogP contribution in [0.2, 0.25) is 36.9 Å². The molecule has 92 valence electrons. The Morgan fingerprint density at radius 1 is 1.00 bits per heavy atom. The molecule has 0 aliphatic rings. The van der Waals surface area contributed by atoms with Crippen molar-refractivity contribution in [1.29, 1.82) is 0 Å². The van der Waals surface area contributed by atoms with Gasteiger partial charge in [0.1, 0.15) is 0 Å². The van der Waals surface area contributed by atoms with E-state index in [0.717, 1.165) is 13.2 Å². The van der Waals surface area contributed by atoms with Crippen LogP contribution in [0.1, 0.15) is 13.8 Å². The zero-order valence-corrected chi connectivity index (χ0v) is 14.8. The van der Waals surface area contributed by atoms with Crippen LogP contribution in [0.15, 0.2) is 0 Å². The van der Waals surface area contributed by atoms with E-state index in [4.69, 9.17) is 8.19 Å². The van der Waals surface area contributed by atoms with Gasteiger partial charge in [0, 0.05) is 0 Å². The summed E-state index contributed by atoms with van der Waals surface area (Å²) in [5.41, 5.74) is 0.152. The minimum absolute atomic E-state index is 0.152. The van der Waals surface area contributed by atoms with Crippen molar-refractivity contribution >= 4 is 21.9 Å². The molecule has 0 N–H and O–H groups in total. The molecule has 15 heavy (non-hydrogen) atoms. The monoisotopic (exact) mass is 294 g/mol. The maximum absolute atomic E-state index is 5.98. The van der Waals surface area contributed by atoms with Crippen molar-refractivity contribution in [3.8, 4) is 0 Å². The molecule has 4 heteroatoms. The summed E-state index contributed by atoms with van der Waals surface area (Å²) < 4.78 is 11.9. The molecule has 0 aromatic rings. The van der Waals surface area contributed by atoms with Crippen LogP contribution in [0.5, 0.6) is 0 Å². The first-order valence-electron chi connectivity index (χ1n) is 5.69. The van der Waals surface area contributed by atoms with E-state index in [1.807, 2.05) is 0 Å². The van der Waals surface area contributed by atoms with E-state index < -0.39 is 21.9 Å². The van der Waals surface area contributed by atoms with Gasteiger partial charge in [0.25, 0.3) is 0 Å². The van der Waals surface area contributed by atoms with Gasteiger partial charge in [-0.25, -0.2) is 0 Å². The zero-order valence-electron chi connectivity index (χ0n) is 11.7. The van der Waals surface area contributed by atoms with E-state index in [2.05, 4.69) is 50.8 Å². The summed E-state index contributed by atoms with van der Waals surface area (Å²) >= 11 is -1.85. The molecule has 0 unspecified atom stereocenters. The Labute approximate surface area is 99.6 Å². The van der Waals surface area contributed by atoms with E-state index in [-0.39, 0.29) is 5.41 Å². The molecule has 2 nitrogen and oxygen atoms in total. The fourth-order valence-electron chi connectivity index (χ4n) is 0.865. The molecule has 0 bridgehead atoms. The Morgan fingerprint density at radius 2 is 1.47 bits per heavy atom. The van der Waals surface area contributed by atoms with Crippen LogP contribution in [0.25, 0.3) is 0 Å². The van der Waals surface area contributed by atoms with Gasteiger partial charge in [-0.15, -0.1) is 0 Å². The Morgan fingerprint density at radius 3 is 1.80 bits per heavy atom. The third kappa shape index (κ3) is 11.0. The normalized spacial score (nSPS) is 14.4. The second-order valence-corrected chi connectivity index (χ2v) is 20.9. The third-order valence-electron chi connectivity index (χ3n) is 1.79. The van der Waals surface area contributed by atoms with Gasteiger partial charge in [0.05, 0.1) is 0 Å². The summed E-state index contributed by atoms with van der Waals surface area (Å²) in [5, 5.41) is 0. The number of rotatable bonds is 6. The first-order valence-corrected chi connectivity index (χ1v) is 16.3. The molecule has 0 atom stereocenters. The van der Waals surface area contributed by atoms with Gasteiger partial charge in [-0.3, -0.25) is 0 Å². The number of hydrogen-bond acceptors (Lipinski definition) is 2. The fraction of sp³-hybridized carbons (Fsp3) is 1.00. The van der Waals surface area contributed by atoms with Crippen molar-refractivity contribution in [2.75, 3.05) is 13.2 Å². The van der Waals surface area contributed by atoms with Gasteiger partial charge in [0.2, 0.25) is 0 Å². The summed E-state index contributed by atoms with van der Waals surface area (Å²) in [5.74, 6) is 6.82. The van der Waals surface area contributed by atoms with Crippen molar-refractivity contribution in [1.82, 2.24) is 0 Å². The Hall–Kier alpha value is 0.680. The molecule has 0 aliphatic heterocycles. The molecule has 0 rings (SSSR count). The molecule has 0 aromatic carbocycles. The van der Waals surface area contributed by atoms with Crippen LogP contribution >= 0.6 is 0 Å². The van der Waals surface area contributed by atoms with Gasteiger partial charge in [-0.1, -0.05) is 0 Å². The standard InChI is InChI=1S/C11H28GeO2Si/c1-11(2,9-13-12(3,4)5)10-14-15(6,7)8/h9-10H2,1-8H3. The average Bonchev–Trinajstić information content (AvgIpc) is 1.96. The van der Waals surface area contributed by atoms with Crippen molar-refractivity contribution < 1.29 is 8.19 Å². The van der Waals surface area contributed by atoms with Crippen molar-refractivity contribution in [3.63, 3.8) is 0 Å². The van der Waals surface area contributed by atoms with Gasteiger partial charge < -0.3 is 0 Å². The van der Waals surface area contributed by atoms with Crippen LogP contribution in [0, 0.1) is 5.41 Å². The molecular formula is C11H28GeO2Si. The van der Waals surface area contributed by atoms with Gasteiger partial charge in [-0.05, 0) is 0 Å². The van der Waals surface area contributed by atoms with Crippen molar-refractivity contribution in [3.05, 3.63) is 0 Å². The molecule has 0 aromatic heterocycles. The topological polar surface area (TPSA) is 18.5 Å². The predicted octanol–water partition coefficient (Wildman–Crippen LogP) is 3.72. The third-order valence-corrected chi connectivity index (χ3v) is 4.92. The summed E-state index contributed by atoms with van der Waals surface area (Å²) in [7, 11) is -1.38. The summed E-state index contributed by atoms with van der Waals surface area (Å²) in [6.45, 7) is 12.8. The first-order chi connectivity index (χ1) is 6.41. The van der Waals surface area contributed by atoms with Crippen LogP contribution in [0.3, 0.4) is 0 Å². The van der Waals surface area contributed by atoms with Gasteiger partial charge in [-0.2, -0.15) is 0 Å². The Kier molecular flexibility index (Phi) is 5.58. The molecular weight excluding hydrogens is 265 g/mol. The average molecular weight is 293 g/mol. The van der Waals surface area contributed by atoms with Crippen LogP contribution in [-0.2, 0) is 8.19 Å². The summed E-state index contributed by atoms with van der Waals surface area (Å²) in [6, 6.07) is 0. The molecule has 0 spiro atoms. The summed E-state index contributed by atoms with van der Waals surface area (Å²) in [6.07, 6.45) is 0. The van der Waals surface area contributed by atoms with Gasteiger partial charge >= 0.3 is 99.5 Å². The van der Waals surface area contributed by atoms with Gasteiger partial charge in [0.15, 0.2) is 0 Å². The molecule has 0 saturated heterocycles. The van der Waals surface area contributed by atoms with Crippen LogP contribution in [-0.4, -0.2) is 35.1 Å². The SMILES string of the molecule is CC(C)(CO[Si](C)(C)C)C[O][Ge]([CH3])([CH3])[CH3]. The summed E-state index contributed by atoms with van der Waals surface area (Å²) in [4.78, 5) is 0.